The Hall–Kier alpha value is -2.62. The molecule has 27 heavy (non-hydrogen) atoms. The number of carbonyl (C=O) groups excluding carboxylic acids is 1. The summed E-state index contributed by atoms with van der Waals surface area (Å²) in [6.07, 6.45) is 10.0. The first-order chi connectivity index (χ1) is 13.2. The van der Waals surface area contributed by atoms with E-state index in [1.807, 2.05) is 18.5 Å². The van der Waals surface area contributed by atoms with Gasteiger partial charge >= 0.3 is 0 Å². The second-order valence-corrected chi connectivity index (χ2v) is 7.08. The van der Waals surface area contributed by atoms with E-state index in [-0.39, 0.29) is 5.91 Å². The highest BCUT2D eigenvalue weighted by Crippen LogP contribution is 2.33. The number of hydrogen-bond donors (Lipinski definition) is 1. The van der Waals surface area contributed by atoms with Gasteiger partial charge in [0.25, 0.3) is 0 Å². The Kier molecular flexibility index (Phi) is 6.64. The fraction of sp³-hybridized carbons (Fsp3) is 0.391. The van der Waals surface area contributed by atoms with Crippen molar-refractivity contribution in [3.63, 3.8) is 0 Å². The van der Waals surface area contributed by atoms with Gasteiger partial charge in [-0.3, -0.25) is 9.78 Å². The van der Waals surface area contributed by atoms with Gasteiger partial charge in [-0.25, -0.2) is 0 Å². The first kappa shape index (κ1) is 19.2. The van der Waals surface area contributed by atoms with Gasteiger partial charge in [0.1, 0.15) is 0 Å². The summed E-state index contributed by atoms with van der Waals surface area (Å²) in [6.45, 7) is 3.22. The van der Waals surface area contributed by atoms with Crippen molar-refractivity contribution in [2.75, 3.05) is 7.05 Å². The van der Waals surface area contributed by atoms with Crippen LogP contribution in [0.1, 0.15) is 44.1 Å². The van der Waals surface area contributed by atoms with Crippen LogP contribution >= 0.6 is 0 Å². The van der Waals surface area contributed by atoms with Gasteiger partial charge in [0.15, 0.2) is 0 Å². The molecule has 1 N–H and O–H groups in total. The topological polar surface area (TPSA) is 46.9 Å². The van der Waals surface area contributed by atoms with Crippen molar-refractivity contribution in [2.45, 2.75) is 52.0 Å². The van der Waals surface area contributed by atoms with E-state index in [4.69, 9.17) is 0 Å². The van der Waals surface area contributed by atoms with E-state index in [0.717, 1.165) is 25.8 Å². The highest BCUT2D eigenvalue weighted by Gasteiger charge is 2.15. The highest BCUT2D eigenvalue weighted by molar-refractivity contribution is 5.91. The largest absolute Gasteiger partial charge is 0.359 e. The lowest BCUT2D eigenvalue weighted by molar-refractivity contribution is -0.120. The van der Waals surface area contributed by atoms with Crippen LogP contribution in [0.15, 0.2) is 48.8 Å². The third-order valence-electron chi connectivity index (χ3n) is 5.22. The molecule has 1 aromatic carbocycles. The Morgan fingerprint density at radius 1 is 1.04 bits per heavy atom. The minimum atomic E-state index is 0.144. The number of aryl methyl sites for hydroxylation is 2. The quantitative estimate of drug-likeness (QED) is 0.538. The minimum absolute atomic E-state index is 0.144. The summed E-state index contributed by atoms with van der Waals surface area (Å²) in [5.41, 5.74) is 5.08. The Morgan fingerprint density at radius 3 is 2.59 bits per heavy atom. The van der Waals surface area contributed by atoms with Crippen molar-refractivity contribution in [3.05, 3.63) is 54.4 Å². The molecule has 2 aromatic heterocycles. The predicted molar refractivity (Wildman–Crippen MR) is 112 cm³/mol. The number of aromatic nitrogens is 2. The number of rotatable bonds is 9. The van der Waals surface area contributed by atoms with E-state index in [9.17, 15) is 4.79 Å². The molecule has 0 unspecified atom stereocenters. The van der Waals surface area contributed by atoms with Crippen molar-refractivity contribution >= 4 is 16.8 Å². The van der Waals surface area contributed by atoms with Crippen LogP contribution in [0.5, 0.6) is 0 Å². The Morgan fingerprint density at radius 2 is 1.81 bits per heavy atom. The number of hydrogen-bond acceptors (Lipinski definition) is 2. The van der Waals surface area contributed by atoms with Crippen LogP contribution in [0.3, 0.4) is 0 Å². The minimum Gasteiger partial charge on any atom is -0.359 e. The molecule has 0 aliphatic rings. The zero-order chi connectivity index (χ0) is 19.1. The van der Waals surface area contributed by atoms with E-state index in [0.29, 0.717) is 6.42 Å². The molecule has 0 atom stereocenters. The number of para-hydroxylation sites is 1. The van der Waals surface area contributed by atoms with Gasteiger partial charge in [-0.05, 0) is 43.5 Å². The van der Waals surface area contributed by atoms with Crippen LogP contribution in [0.2, 0.25) is 0 Å². The summed E-state index contributed by atoms with van der Waals surface area (Å²) in [5.74, 6) is 0.144. The number of nitrogens with zero attached hydrogens (tertiary/aromatic N) is 2. The monoisotopic (exact) mass is 363 g/mol. The molecule has 142 valence electrons. The molecule has 4 heteroatoms. The molecule has 0 aliphatic carbocycles. The molecule has 3 aromatic rings. The second kappa shape index (κ2) is 9.36. The molecule has 0 saturated heterocycles. The van der Waals surface area contributed by atoms with Gasteiger partial charge in [-0.15, -0.1) is 0 Å². The van der Waals surface area contributed by atoms with Crippen LogP contribution in [-0.4, -0.2) is 22.5 Å². The van der Waals surface area contributed by atoms with Gasteiger partial charge < -0.3 is 9.88 Å². The maximum Gasteiger partial charge on any atom is 0.219 e. The SMILES string of the molecule is CNC(=O)CCCCCCCn1c(-c2cccnc2)c(C)c2ccccc21. The van der Waals surface area contributed by atoms with E-state index < -0.39 is 0 Å². The molecule has 2 heterocycles. The van der Waals surface area contributed by atoms with E-state index in [2.05, 4.69) is 52.1 Å². The Balaban J connectivity index is 1.68. The lowest BCUT2D eigenvalue weighted by atomic mass is 10.1. The van der Waals surface area contributed by atoms with Crippen LogP contribution in [-0.2, 0) is 11.3 Å². The number of amides is 1. The zero-order valence-corrected chi connectivity index (χ0v) is 16.4. The van der Waals surface area contributed by atoms with Crippen LogP contribution in [0.25, 0.3) is 22.2 Å². The highest BCUT2D eigenvalue weighted by atomic mass is 16.1. The maximum absolute atomic E-state index is 11.3. The molecule has 0 saturated carbocycles. The maximum atomic E-state index is 11.3. The normalized spacial score (nSPS) is 11.0. The summed E-state index contributed by atoms with van der Waals surface area (Å²) in [6, 6.07) is 12.8. The Bertz CT molecular complexity index is 883. The fourth-order valence-electron chi connectivity index (χ4n) is 3.79. The van der Waals surface area contributed by atoms with Crippen molar-refractivity contribution in [2.24, 2.45) is 0 Å². The van der Waals surface area contributed by atoms with Gasteiger partial charge in [0, 0.05) is 48.9 Å². The first-order valence-corrected chi connectivity index (χ1v) is 9.91. The predicted octanol–water partition coefficient (Wildman–Crippen LogP) is 5.10. The number of pyridine rings is 1. The molecule has 0 aliphatic heterocycles. The molecule has 0 fully saturated rings. The number of fused-ring (bicyclic) bond motifs is 1. The molecule has 1 amide bonds. The van der Waals surface area contributed by atoms with Crippen molar-refractivity contribution < 1.29 is 4.79 Å². The van der Waals surface area contributed by atoms with Crippen LogP contribution in [0, 0.1) is 6.92 Å². The van der Waals surface area contributed by atoms with Crippen LogP contribution in [0.4, 0.5) is 0 Å². The number of carbonyl (C=O) groups is 1. The molecule has 0 bridgehead atoms. The molecular weight excluding hydrogens is 334 g/mol. The Labute approximate surface area is 161 Å². The van der Waals surface area contributed by atoms with Gasteiger partial charge in [0.2, 0.25) is 5.91 Å². The number of benzene rings is 1. The van der Waals surface area contributed by atoms with Gasteiger partial charge in [-0.2, -0.15) is 0 Å². The van der Waals surface area contributed by atoms with Gasteiger partial charge in [0.05, 0.1) is 5.69 Å². The van der Waals surface area contributed by atoms with Crippen molar-refractivity contribution in [1.82, 2.24) is 14.9 Å². The molecule has 0 radical (unpaired) electrons. The fourth-order valence-corrected chi connectivity index (χ4v) is 3.79. The van der Waals surface area contributed by atoms with Crippen LogP contribution < -0.4 is 5.32 Å². The van der Waals surface area contributed by atoms with Gasteiger partial charge in [-0.1, -0.05) is 37.5 Å². The summed E-state index contributed by atoms with van der Waals surface area (Å²) in [5, 5.41) is 4.00. The lowest BCUT2D eigenvalue weighted by Gasteiger charge is -2.12. The smallest absolute Gasteiger partial charge is 0.219 e. The standard InChI is InChI=1S/C23H29N3O/c1-18-20-12-7-8-13-21(20)26(23(18)19-11-10-15-25-17-19)16-9-5-3-4-6-14-22(27)24-2/h7-8,10-13,15,17H,3-6,9,14,16H2,1-2H3,(H,24,27). The van der Waals surface area contributed by atoms with E-state index >= 15 is 0 Å². The van der Waals surface area contributed by atoms with Crippen molar-refractivity contribution in [1.29, 1.82) is 0 Å². The summed E-state index contributed by atoms with van der Waals surface area (Å²) >= 11 is 0. The summed E-state index contributed by atoms with van der Waals surface area (Å²) in [7, 11) is 1.70. The molecular formula is C23H29N3O. The molecule has 4 nitrogen and oxygen atoms in total. The summed E-state index contributed by atoms with van der Waals surface area (Å²) in [4.78, 5) is 15.6. The third-order valence-corrected chi connectivity index (χ3v) is 5.22. The average molecular weight is 364 g/mol. The number of unbranched alkanes of at least 4 members (excludes halogenated alkanes) is 4. The summed E-state index contributed by atoms with van der Waals surface area (Å²) < 4.78 is 2.45. The first-order valence-electron chi connectivity index (χ1n) is 9.91. The zero-order valence-electron chi connectivity index (χ0n) is 16.4. The van der Waals surface area contributed by atoms with E-state index in [1.54, 1.807) is 7.05 Å². The molecule has 3 rings (SSSR count). The van der Waals surface area contributed by atoms with E-state index in [1.165, 1.54) is 40.6 Å². The average Bonchev–Trinajstić information content (AvgIpc) is 3.00. The lowest BCUT2D eigenvalue weighted by Crippen LogP contribution is -2.16. The third kappa shape index (κ3) is 4.57. The number of nitrogens with one attached hydrogen (secondary N) is 1. The second-order valence-electron chi connectivity index (χ2n) is 7.08. The van der Waals surface area contributed by atoms with Crippen molar-refractivity contribution in [3.8, 4) is 11.3 Å². The molecule has 0 spiro atoms.